The summed E-state index contributed by atoms with van der Waals surface area (Å²) >= 11 is 0. The van der Waals surface area contributed by atoms with Gasteiger partial charge in [0.15, 0.2) is 0 Å². The van der Waals surface area contributed by atoms with Crippen LogP contribution in [0.2, 0.25) is 0 Å². The number of benzene rings is 1. The van der Waals surface area contributed by atoms with E-state index in [9.17, 15) is 9.18 Å². The largest absolute Gasteiger partial charge is 0.350 e. The van der Waals surface area contributed by atoms with Crippen molar-refractivity contribution < 1.29 is 9.18 Å². The Balaban J connectivity index is 1.91. The van der Waals surface area contributed by atoms with Crippen LogP contribution in [0.3, 0.4) is 0 Å². The van der Waals surface area contributed by atoms with E-state index < -0.39 is 0 Å². The fourth-order valence-electron chi connectivity index (χ4n) is 2.82. The molecule has 0 saturated heterocycles. The van der Waals surface area contributed by atoms with Crippen molar-refractivity contribution in [1.29, 1.82) is 0 Å². The van der Waals surface area contributed by atoms with Crippen molar-refractivity contribution in [1.82, 2.24) is 5.32 Å². The topological polar surface area (TPSA) is 55.1 Å². The molecule has 2 rings (SSSR count). The van der Waals surface area contributed by atoms with Crippen LogP contribution in [0, 0.1) is 18.7 Å². The Morgan fingerprint density at radius 3 is 2.85 bits per heavy atom. The molecule has 0 spiro atoms. The van der Waals surface area contributed by atoms with E-state index in [2.05, 4.69) is 5.32 Å². The van der Waals surface area contributed by atoms with Gasteiger partial charge in [0.25, 0.3) is 0 Å². The highest BCUT2D eigenvalue weighted by atomic mass is 19.1. The molecule has 3 atom stereocenters. The molecule has 3 N–H and O–H groups in total. The number of nitrogens with one attached hydrogen (secondary N) is 1. The van der Waals surface area contributed by atoms with Crippen molar-refractivity contribution in [2.24, 2.45) is 11.7 Å². The Kier molecular flexibility index (Phi) is 4.76. The first-order chi connectivity index (χ1) is 9.47. The molecule has 1 saturated carbocycles. The molecule has 20 heavy (non-hydrogen) atoms. The van der Waals surface area contributed by atoms with Crippen molar-refractivity contribution in [3.05, 3.63) is 35.1 Å². The van der Waals surface area contributed by atoms with Crippen LogP contribution in [0.15, 0.2) is 18.2 Å². The number of hydrogen-bond acceptors (Lipinski definition) is 2. The third-order valence-electron chi connectivity index (χ3n) is 4.24. The van der Waals surface area contributed by atoms with E-state index in [1.54, 1.807) is 13.0 Å². The van der Waals surface area contributed by atoms with Gasteiger partial charge >= 0.3 is 0 Å². The molecule has 1 aliphatic carbocycles. The molecular formula is C16H23FN2O. The highest BCUT2D eigenvalue weighted by molar-refractivity contribution is 5.76. The summed E-state index contributed by atoms with van der Waals surface area (Å²) in [5, 5.41) is 2.93. The Hall–Kier alpha value is -1.42. The zero-order valence-corrected chi connectivity index (χ0v) is 12.2. The van der Waals surface area contributed by atoms with Crippen molar-refractivity contribution in [3.8, 4) is 0 Å². The third-order valence-corrected chi connectivity index (χ3v) is 4.24. The summed E-state index contributed by atoms with van der Waals surface area (Å²) in [5.41, 5.74) is 7.38. The summed E-state index contributed by atoms with van der Waals surface area (Å²) in [6.07, 6.45) is 3.62. The van der Waals surface area contributed by atoms with Crippen LogP contribution < -0.4 is 11.1 Å². The number of rotatable bonds is 4. The second-order valence-electron chi connectivity index (χ2n) is 5.86. The lowest BCUT2D eigenvalue weighted by molar-refractivity contribution is -0.122. The van der Waals surface area contributed by atoms with E-state index in [1.807, 2.05) is 13.0 Å². The smallest absolute Gasteiger partial charge is 0.220 e. The number of hydrogen-bond donors (Lipinski definition) is 2. The van der Waals surface area contributed by atoms with Crippen molar-refractivity contribution in [3.63, 3.8) is 0 Å². The summed E-state index contributed by atoms with van der Waals surface area (Å²) in [6, 6.07) is 5.04. The zero-order valence-electron chi connectivity index (χ0n) is 12.2. The van der Waals surface area contributed by atoms with Crippen LogP contribution in [0.1, 0.15) is 49.8 Å². The van der Waals surface area contributed by atoms with Crippen LogP contribution >= 0.6 is 0 Å². The summed E-state index contributed by atoms with van der Waals surface area (Å²) in [5.74, 6) is 0.0548. The summed E-state index contributed by atoms with van der Waals surface area (Å²) < 4.78 is 13.5. The lowest BCUT2D eigenvalue weighted by atomic mass is 9.99. The minimum absolute atomic E-state index is 0.000771. The van der Waals surface area contributed by atoms with E-state index in [4.69, 9.17) is 5.73 Å². The molecule has 1 aliphatic rings. The molecule has 0 radical (unpaired) electrons. The van der Waals surface area contributed by atoms with Gasteiger partial charge in [0, 0.05) is 12.5 Å². The Labute approximate surface area is 119 Å². The van der Waals surface area contributed by atoms with Gasteiger partial charge in [-0.2, -0.15) is 0 Å². The Morgan fingerprint density at radius 1 is 1.50 bits per heavy atom. The van der Waals surface area contributed by atoms with E-state index in [0.29, 0.717) is 12.0 Å². The van der Waals surface area contributed by atoms with Crippen molar-refractivity contribution in [2.45, 2.75) is 51.6 Å². The number of aryl methyl sites for hydroxylation is 1. The number of carbonyl (C=O) groups is 1. The molecule has 0 aromatic heterocycles. The van der Waals surface area contributed by atoms with Gasteiger partial charge in [-0.1, -0.05) is 18.6 Å². The minimum Gasteiger partial charge on any atom is -0.350 e. The molecule has 1 fully saturated rings. The second kappa shape index (κ2) is 6.35. The van der Waals surface area contributed by atoms with Crippen LogP contribution in [-0.2, 0) is 4.79 Å². The van der Waals surface area contributed by atoms with Gasteiger partial charge in [0.05, 0.1) is 6.04 Å². The minimum atomic E-state index is -0.235. The molecule has 1 amide bonds. The summed E-state index contributed by atoms with van der Waals surface area (Å²) in [4.78, 5) is 12.0. The van der Waals surface area contributed by atoms with Crippen LogP contribution in [0.4, 0.5) is 4.39 Å². The predicted molar refractivity (Wildman–Crippen MR) is 77.6 cm³/mol. The van der Waals surface area contributed by atoms with Gasteiger partial charge in [0.1, 0.15) is 5.82 Å². The van der Waals surface area contributed by atoms with Gasteiger partial charge in [-0.15, -0.1) is 0 Å². The number of carbonyl (C=O) groups excluding carboxylic acids is 1. The zero-order chi connectivity index (χ0) is 14.7. The molecule has 3 nitrogen and oxygen atoms in total. The highest BCUT2D eigenvalue weighted by Gasteiger charge is 2.26. The molecule has 4 heteroatoms. The number of amides is 1. The average Bonchev–Trinajstić information content (AvgIpc) is 2.78. The predicted octanol–water partition coefficient (Wildman–Crippen LogP) is 2.83. The molecular weight excluding hydrogens is 255 g/mol. The van der Waals surface area contributed by atoms with Crippen molar-refractivity contribution >= 4 is 5.91 Å². The molecule has 110 valence electrons. The maximum absolute atomic E-state index is 13.5. The van der Waals surface area contributed by atoms with E-state index in [1.165, 1.54) is 6.07 Å². The van der Waals surface area contributed by atoms with Crippen LogP contribution in [0.5, 0.6) is 0 Å². The number of halogens is 1. The summed E-state index contributed by atoms with van der Waals surface area (Å²) in [7, 11) is 0. The lowest BCUT2D eigenvalue weighted by Crippen LogP contribution is -2.32. The van der Waals surface area contributed by atoms with Crippen LogP contribution in [-0.4, -0.2) is 11.9 Å². The molecule has 0 aliphatic heterocycles. The first kappa shape index (κ1) is 15.0. The maximum Gasteiger partial charge on any atom is 0.220 e. The third kappa shape index (κ3) is 3.57. The fourth-order valence-corrected chi connectivity index (χ4v) is 2.82. The molecule has 1 aromatic rings. The van der Waals surface area contributed by atoms with Gasteiger partial charge in [-0.05, 0) is 49.8 Å². The normalized spacial score (nSPS) is 23.6. The Morgan fingerprint density at radius 2 is 2.25 bits per heavy atom. The second-order valence-corrected chi connectivity index (χ2v) is 5.86. The molecule has 1 aromatic carbocycles. The highest BCUT2D eigenvalue weighted by Crippen LogP contribution is 2.27. The summed E-state index contributed by atoms with van der Waals surface area (Å²) in [6.45, 7) is 3.60. The van der Waals surface area contributed by atoms with Crippen LogP contribution in [0.25, 0.3) is 0 Å². The van der Waals surface area contributed by atoms with Crippen molar-refractivity contribution in [2.75, 3.05) is 0 Å². The molecule has 0 bridgehead atoms. The Bertz CT molecular complexity index is 489. The average molecular weight is 278 g/mol. The quantitative estimate of drug-likeness (QED) is 0.889. The first-order valence-corrected chi connectivity index (χ1v) is 7.28. The van der Waals surface area contributed by atoms with Gasteiger partial charge in [-0.25, -0.2) is 4.39 Å². The monoisotopic (exact) mass is 278 g/mol. The lowest BCUT2D eigenvalue weighted by Gasteiger charge is -2.18. The first-order valence-electron chi connectivity index (χ1n) is 7.28. The van der Waals surface area contributed by atoms with Gasteiger partial charge < -0.3 is 11.1 Å². The standard InChI is InChI=1S/C16H23FN2O/c1-10-6-7-12(8-14(10)17)11(2)19-16(20)9-13-4-3-5-15(13)18/h6-8,11,13,15H,3-5,9,18H2,1-2H3,(H,19,20)/t11?,13-,15+/m0/s1. The SMILES string of the molecule is Cc1ccc(C(C)NC(=O)C[C@@H]2CCC[C@H]2N)cc1F. The van der Waals surface area contributed by atoms with E-state index in [0.717, 1.165) is 24.8 Å². The molecule has 1 unspecified atom stereocenters. The van der Waals surface area contributed by atoms with E-state index >= 15 is 0 Å². The maximum atomic E-state index is 13.5. The van der Waals surface area contributed by atoms with Gasteiger partial charge in [-0.3, -0.25) is 4.79 Å². The number of nitrogens with two attached hydrogens (primary N) is 1. The van der Waals surface area contributed by atoms with Gasteiger partial charge in [0.2, 0.25) is 5.91 Å². The molecule has 0 heterocycles. The fraction of sp³-hybridized carbons (Fsp3) is 0.562. The van der Waals surface area contributed by atoms with E-state index in [-0.39, 0.29) is 29.7 Å².